The van der Waals surface area contributed by atoms with Gasteiger partial charge in [-0.3, -0.25) is 0 Å². The molecule has 0 unspecified atom stereocenters. The molecular weight excluding hydrogens is 623 g/mol. The molecule has 0 saturated carbocycles. The van der Waals surface area contributed by atoms with Gasteiger partial charge >= 0.3 is 0 Å². The molecule has 4 nitrogen and oxygen atoms in total. The molecule has 0 aliphatic heterocycles. The Morgan fingerprint density at radius 1 is 0.353 bits per heavy atom. The molecule has 0 radical (unpaired) electrons. The van der Waals surface area contributed by atoms with E-state index in [1.807, 2.05) is 24.3 Å². The fraction of sp³-hybridized carbons (Fsp3) is 0. The molecule has 0 saturated heterocycles. The molecule has 8 aromatic carbocycles. The van der Waals surface area contributed by atoms with Crippen molar-refractivity contribution in [2.75, 3.05) is 9.80 Å². The zero-order valence-electron chi connectivity index (χ0n) is 27.8. The van der Waals surface area contributed by atoms with E-state index in [0.717, 1.165) is 50.8 Å². The molecule has 4 heteroatoms. The number of benzene rings is 8. The molecule has 0 atom stereocenters. The van der Waals surface area contributed by atoms with Crippen molar-refractivity contribution < 1.29 is 4.42 Å². The molecule has 0 aliphatic rings. The summed E-state index contributed by atoms with van der Waals surface area (Å²) in [6.07, 6.45) is 0. The lowest BCUT2D eigenvalue weighted by atomic mass is 9.98. The summed E-state index contributed by atoms with van der Waals surface area (Å²) in [7, 11) is 0. The third-order valence-corrected chi connectivity index (χ3v) is 9.29. The number of hydrogen-bond donors (Lipinski definition) is 0. The fourth-order valence-corrected chi connectivity index (χ4v) is 6.82. The number of aromatic nitrogens is 1. The van der Waals surface area contributed by atoms with Gasteiger partial charge in [0.05, 0.1) is 0 Å². The minimum Gasteiger partial charge on any atom is -0.436 e. The second-order valence-electron chi connectivity index (χ2n) is 12.5. The highest BCUT2D eigenvalue weighted by molar-refractivity contribution is 5.97. The van der Waals surface area contributed by atoms with Crippen molar-refractivity contribution in [1.29, 1.82) is 0 Å². The normalized spacial score (nSPS) is 11.1. The number of fused-ring (bicyclic) bond motifs is 2. The zero-order chi connectivity index (χ0) is 34.0. The maximum Gasteiger partial charge on any atom is 0.227 e. The van der Waals surface area contributed by atoms with Gasteiger partial charge in [0.15, 0.2) is 5.58 Å². The molecule has 9 aromatic rings. The summed E-state index contributed by atoms with van der Waals surface area (Å²) in [6.45, 7) is 0. The number of oxazole rings is 1. The van der Waals surface area contributed by atoms with Gasteiger partial charge in [-0.25, -0.2) is 4.98 Å². The lowest BCUT2D eigenvalue weighted by molar-refractivity contribution is 0.620. The summed E-state index contributed by atoms with van der Waals surface area (Å²) in [6, 6.07) is 70.0. The van der Waals surface area contributed by atoms with Gasteiger partial charge in [-0.1, -0.05) is 103 Å². The van der Waals surface area contributed by atoms with Crippen molar-refractivity contribution in [3.63, 3.8) is 0 Å². The Balaban J connectivity index is 1.11. The number of para-hydroxylation sites is 4. The van der Waals surface area contributed by atoms with Crippen molar-refractivity contribution >= 4 is 56.0 Å². The predicted octanol–water partition coefficient (Wildman–Crippen LogP) is 13.3. The van der Waals surface area contributed by atoms with Crippen LogP contribution in [0.15, 0.2) is 205 Å². The molecule has 242 valence electrons. The SMILES string of the molecule is c1ccc(N(c2ccccc2)c2ccc(N(c3ccc(-c4nc5ccccc5o4)cc3)c3ccc(-c4cccc5ccccc45)cc3)cc2)cc1. The summed E-state index contributed by atoms with van der Waals surface area (Å²) in [5.41, 5.74) is 11.4. The maximum atomic E-state index is 6.09. The smallest absolute Gasteiger partial charge is 0.227 e. The summed E-state index contributed by atoms with van der Waals surface area (Å²) in [5.74, 6) is 0.611. The quantitative estimate of drug-likeness (QED) is 0.163. The van der Waals surface area contributed by atoms with Crippen LogP contribution in [-0.4, -0.2) is 4.98 Å². The first-order valence-electron chi connectivity index (χ1n) is 17.1. The summed E-state index contributed by atoms with van der Waals surface area (Å²) < 4.78 is 6.09. The number of hydrogen-bond acceptors (Lipinski definition) is 4. The van der Waals surface area contributed by atoms with Crippen LogP contribution in [0.1, 0.15) is 0 Å². The highest BCUT2D eigenvalue weighted by Crippen LogP contribution is 2.40. The first-order valence-corrected chi connectivity index (χ1v) is 17.1. The Morgan fingerprint density at radius 2 is 0.804 bits per heavy atom. The highest BCUT2D eigenvalue weighted by atomic mass is 16.3. The maximum absolute atomic E-state index is 6.09. The molecule has 0 amide bonds. The number of anilines is 6. The molecule has 0 aliphatic carbocycles. The summed E-state index contributed by atoms with van der Waals surface area (Å²) in [4.78, 5) is 9.30. The summed E-state index contributed by atoms with van der Waals surface area (Å²) in [5, 5.41) is 2.48. The number of rotatable bonds is 8. The van der Waals surface area contributed by atoms with Gasteiger partial charge in [-0.05, 0) is 119 Å². The molecule has 0 N–H and O–H groups in total. The first-order chi connectivity index (χ1) is 25.3. The Bertz CT molecular complexity index is 2480. The third-order valence-electron chi connectivity index (χ3n) is 9.29. The van der Waals surface area contributed by atoms with Crippen molar-refractivity contribution in [1.82, 2.24) is 4.98 Å². The minimum atomic E-state index is 0.611. The molecule has 1 heterocycles. The zero-order valence-corrected chi connectivity index (χ0v) is 27.8. The highest BCUT2D eigenvalue weighted by Gasteiger charge is 2.17. The van der Waals surface area contributed by atoms with Crippen molar-refractivity contribution in [2.45, 2.75) is 0 Å². The average molecular weight is 656 g/mol. The second-order valence-corrected chi connectivity index (χ2v) is 12.5. The van der Waals surface area contributed by atoms with Crippen molar-refractivity contribution in [3.05, 3.63) is 200 Å². The monoisotopic (exact) mass is 655 g/mol. The van der Waals surface area contributed by atoms with Crippen LogP contribution < -0.4 is 9.80 Å². The predicted molar refractivity (Wildman–Crippen MR) is 212 cm³/mol. The van der Waals surface area contributed by atoms with E-state index in [4.69, 9.17) is 9.40 Å². The van der Waals surface area contributed by atoms with Gasteiger partial charge in [0, 0.05) is 39.7 Å². The van der Waals surface area contributed by atoms with Crippen LogP contribution in [0.5, 0.6) is 0 Å². The largest absolute Gasteiger partial charge is 0.436 e. The molecule has 0 fully saturated rings. The second kappa shape index (κ2) is 13.2. The minimum absolute atomic E-state index is 0.611. The van der Waals surface area contributed by atoms with Crippen LogP contribution in [0.3, 0.4) is 0 Å². The Kier molecular flexibility index (Phi) is 7.80. The molecular formula is C47H33N3O. The molecule has 51 heavy (non-hydrogen) atoms. The molecule has 0 bridgehead atoms. The van der Waals surface area contributed by atoms with Crippen molar-refractivity contribution in [3.8, 4) is 22.6 Å². The van der Waals surface area contributed by atoms with E-state index in [-0.39, 0.29) is 0 Å². The lowest BCUT2D eigenvalue weighted by Gasteiger charge is -2.28. The van der Waals surface area contributed by atoms with Crippen LogP contribution in [0.2, 0.25) is 0 Å². The Labute approximate surface area is 297 Å². The van der Waals surface area contributed by atoms with E-state index >= 15 is 0 Å². The van der Waals surface area contributed by atoms with E-state index in [9.17, 15) is 0 Å². The van der Waals surface area contributed by atoms with Gasteiger partial charge in [0.25, 0.3) is 0 Å². The molecule has 0 spiro atoms. The number of nitrogens with zero attached hydrogens (tertiary/aromatic N) is 3. The summed E-state index contributed by atoms with van der Waals surface area (Å²) >= 11 is 0. The topological polar surface area (TPSA) is 32.5 Å². The van der Waals surface area contributed by atoms with E-state index in [1.54, 1.807) is 0 Å². The van der Waals surface area contributed by atoms with Crippen LogP contribution in [0.4, 0.5) is 34.1 Å². The van der Waals surface area contributed by atoms with Crippen LogP contribution >= 0.6 is 0 Å². The van der Waals surface area contributed by atoms with E-state index in [2.05, 4.69) is 186 Å². The van der Waals surface area contributed by atoms with E-state index in [0.29, 0.717) is 5.89 Å². The van der Waals surface area contributed by atoms with Gasteiger partial charge < -0.3 is 14.2 Å². The molecule has 9 rings (SSSR count). The van der Waals surface area contributed by atoms with Gasteiger partial charge in [-0.15, -0.1) is 0 Å². The fourth-order valence-electron chi connectivity index (χ4n) is 6.82. The third kappa shape index (κ3) is 5.90. The van der Waals surface area contributed by atoms with Crippen LogP contribution in [0, 0.1) is 0 Å². The standard InChI is InChI=1S/C47H33N3O/c1-3-14-37(15-4-1)49(38-16-5-2-6-17-38)41-30-32-42(33-31-41)50(40-28-24-36(25-29-40)47-48-45-20-9-10-21-46(45)51-47)39-26-22-35(23-27-39)44-19-11-13-34-12-7-8-18-43(34)44/h1-33H. The average Bonchev–Trinajstić information content (AvgIpc) is 3.65. The lowest BCUT2D eigenvalue weighted by Crippen LogP contribution is -2.12. The van der Waals surface area contributed by atoms with Gasteiger partial charge in [0.1, 0.15) is 5.52 Å². The Hall–Kier alpha value is -6.91. The first kappa shape index (κ1) is 30.2. The van der Waals surface area contributed by atoms with Gasteiger partial charge in [0.2, 0.25) is 5.89 Å². The van der Waals surface area contributed by atoms with Crippen LogP contribution in [-0.2, 0) is 0 Å². The molecule has 1 aromatic heterocycles. The van der Waals surface area contributed by atoms with E-state index < -0.39 is 0 Å². The van der Waals surface area contributed by atoms with Crippen LogP contribution in [0.25, 0.3) is 44.5 Å². The Morgan fingerprint density at radius 3 is 1.39 bits per heavy atom. The van der Waals surface area contributed by atoms with Gasteiger partial charge in [-0.2, -0.15) is 0 Å². The van der Waals surface area contributed by atoms with Crippen molar-refractivity contribution in [2.24, 2.45) is 0 Å². The van der Waals surface area contributed by atoms with E-state index in [1.165, 1.54) is 21.9 Å².